The first kappa shape index (κ1) is 15.1. The number of carbonyl (C=O) groups is 2. The zero-order valence-electron chi connectivity index (χ0n) is 10.7. The average Bonchev–Trinajstić information content (AvgIpc) is 2.42. The molecule has 0 aliphatic heterocycles. The molecular formula is C13H18N2O4. The van der Waals surface area contributed by atoms with Gasteiger partial charge in [0, 0.05) is 13.7 Å². The molecule has 0 spiro atoms. The molecule has 2 atom stereocenters. The second-order valence-corrected chi connectivity index (χ2v) is 4.05. The molecule has 1 unspecified atom stereocenters. The smallest absolute Gasteiger partial charge is 0.330 e. The number of nitrogens with one attached hydrogen (secondary N) is 1. The van der Waals surface area contributed by atoms with Crippen LogP contribution in [0.2, 0.25) is 0 Å². The van der Waals surface area contributed by atoms with Gasteiger partial charge in [0.1, 0.15) is 0 Å². The zero-order valence-corrected chi connectivity index (χ0v) is 10.7. The van der Waals surface area contributed by atoms with E-state index in [0.29, 0.717) is 5.56 Å². The van der Waals surface area contributed by atoms with E-state index in [1.807, 2.05) is 0 Å². The summed E-state index contributed by atoms with van der Waals surface area (Å²) in [7, 11) is 1.46. The van der Waals surface area contributed by atoms with Gasteiger partial charge in [-0.3, -0.25) is 4.79 Å². The van der Waals surface area contributed by atoms with Crippen molar-refractivity contribution >= 4 is 11.9 Å². The molecule has 104 valence electrons. The van der Waals surface area contributed by atoms with E-state index in [1.54, 1.807) is 30.3 Å². The molecule has 0 fully saturated rings. The summed E-state index contributed by atoms with van der Waals surface area (Å²) in [6.07, 6.45) is -0.380. The Balaban J connectivity index is 2.70. The molecule has 1 aromatic rings. The fraction of sp³-hybridized carbons (Fsp3) is 0.385. The van der Waals surface area contributed by atoms with E-state index in [-0.39, 0.29) is 13.0 Å². The predicted octanol–water partition coefficient (Wildman–Crippen LogP) is 0.292. The van der Waals surface area contributed by atoms with Crippen molar-refractivity contribution in [2.24, 2.45) is 5.73 Å². The van der Waals surface area contributed by atoms with E-state index < -0.39 is 24.0 Å². The Hall–Kier alpha value is -1.92. The molecule has 4 N–H and O–H groups in total. The van der Waals surface area contributed by atoms with Crippen LogP contribution in [0.3, 0.4) is 0 Å². The van der Waals surface area contributed by atoms with Gasteiger partial charge in [0.25, 0.3) is 0 Å². The number of nitrogens with two attached hydrogens (primary N) is 1. The second kappa shape index (κ2) is 7.50. The average molecular weight is 266 g/mol. The highest BCUT2D eigenvalue weighted by molar-refractivity contribution is 5.84. The summed E-state index contributed by atoms with van der Waals surface area (Å²) in [6.45, 7) is 0.201. The summed E-state index contributed by atoms with van der Waals surface area (Å²) in [5, 5.41) is 11.6. The molecule has 0 saturated heterocycles. The van der Waals surface area contributed by atoms with E-state index in [4.69, 9.17) is 15.6 Å². The molecule has 0 saturated carbocycles. The van der Waals surface area contributed by atoms with Crippen molar-refractivity contribution in [1.29, 1.82) is 0 Å². The monoisotopic (exact) mass is 266 g/mol. The third kappa shape index (κ3) is 4.69. The second-order valence-electron chi connectivity index (χ2n) is 4.05. The normalized spacial score (nSPS) is 13.6. The fourth-order valence-electron chi connectivity index (χ4n) is 1.62. The standard InChI is InChI=1S/C13H18N2O4/c1-19-10(8-14)7-11(16)15-12(13(17)18)9-5-3-2-4-6-9/h2-6,10,12H,7-8,14H2,1H3,(H,15,16)(H,17,18)/t10?,12-/m0/s1. The summed E-state index contributed by atoms with van der Waals surface area (Å²) in [4.78, 5) is 22.9. The molecule has 0 heterocycles. The minimum absolute atomic E-state index is 0.0314. The quantitative estimate of drug-likeness (QED) is 0.658. The molecule has 6 nitrogen and oxygen atoms in total. The number of carbonyl (C=O) groups excluding carboxylic acids is 1. The van der Waals surface area contributed by atoms with Crippen molar-refractivity contribution in [1.82, 2.24) is 5.32 Å². The zero-order chi connectivity index (χ0) is 14.3. The maximum atomic E-state index is 11.7. The minimum Gasteiger partial charge on any atom is -0.479 e. The molecule has 1 rings (SSSR count). The third-order valence-electron chi connectivity index (χ3n) is 2.69. The third-order valence-corrected chi connectivity index (χ3v) is 2.69. The van der Waals surface area contributed by atoms with Crippen LogP contribution in [0.4, 0.5) is 0 Å². The number of hydrogen-bond acceptors (Lipinski definition) is 4. The van der Waals surface area contributed by atoms with Gasteiger partial charge in [-0.2, -0.15) is 0 Å². The molecule has 0 bridgehead atoms. The first-order valence-electron chi connectivity index (χ1n) is 5.88. The van der Waals surface area contributed by atoms with Gasteiger partial charge >= 0.3 is 5.97 Å². The Kier molecular flexibility index (Phi) is 5.98. The van der Waals surface area contributed by atoms with Crippen LogP contribution in [0, 0.1) is 0 Å². The van der Waals surface area contributed by atoms with Crippen LogP contribution in [0.1, 0.15) is 18.0 Å². The van der Waals surface area contributed by atoms with Crippen LogP contribution in [0.25, 0.3) is 0 Å². The summed E-state index contributed by atoms with van der Waals surface area (Å²) in [5.41, 5.74) is 5.93. The van der Waals surface area contributed by atoms with Gasteiger partial charge in [-0.05, 0) is 5.56 Å². The number of carboxylic acids is 1. The number of rotatable bonds is 7. The number of methoxy groups -OCH3 is 1. The first-order chi connectivity index (χ1) is 9.08. The van der Waals surface area contributed by atoms with Crippen molar-refractivity contribution in [2.75, 3.05) is 13.7 Å². The fourth-order valence-corrected chi connectivity index (χ4v) is 1.62. The van der Waals surface area contributed by atoms with E-state index in [2.05, 4.69) is 5.32 Å². The lowest BCUT2D eigenvalue weighted by atomic mass is 10.1. The highest BCUT2D eigenvalue weighted by Gasteiger charge is 2.23. The van der Waals surface area contributed by atoms with Crippen LogP contribution in [-0.2, 0) is 14.3 Å². The van der Waals surface area contributed by atoms with E-state index in [1.165, 1.54) is 7.11 Å². The molecular weight excluding hydrogens is 248 g/mol. The van der Waals surface area contributed by atoms with Crippen LogP contribution >= 0.6 is 0 Å². The van der Waals surface area contributed by atoms with Gasteiger partial charge < -0.3 is 20.9 Å². The van der Waals surface area contributed by atoms with Gasteiger partial charge in [0.2, 0.25) is 5.91 Å². The van der Waals surface area contributed by atoms with Crippen molar-refractivity contribution in [3.8, 4) is 0 Å². The van der Waals surface area contributed by atoms with Crippen LogP contribution in [-0.4, -0.2) is 36.7 Å². The number of benzene rings is 1. The molecule has 0 aromatic heterocycles. The van der Waals surface area contributed by atoms with Crippen molar-refractivity contribution in [2.45, 2.75) is 18.6 Å². The van der Waals surface area contributed by atoms with Crippen LogP contribution in [0.15, 0.2) is 30.3 Å². The Labute approximate surface area is 111 Å². The molecule has 0 aliphatic carbocycles. The minimum atomic E-state index is -1.11. The highest BCUT2D eigenvalue weighted by atomic mass is 16.5. The molecule has 0 aliphatic rings. The van der Waals surface area contributed by atoms with Gasteiger partial charge in [-0.15, -0.1) is 0 Å². The van der Waals surface area contributed by atoms with E-state index >= 15 is 0 Å². The van der Waals surface area contributed by atoms with Crippen molar-refractivity contribution in [3.63, 3.8) is 0 Å². The molecule has 1 amide bonds. The maximum absolute atomic E-state index is 11.7. The largest absolute Gasteiger partial charge is 0.479 e. The number of ether oxygens (including phenoxy) is 1. The number of amides is 1. The van der Waals surface area contributed by atoms with Crippen LogP contribution in [0.5, 0.6) is 0 Å². The summed E-state index contributed by atoms with van der Waals surface area (Å²) in [5.74, 6) is -1.52. The molecule has 19 heavy (non-hydrogen) atoms. The lowest BCUT2D eigenvalue weighted by molar-refractivity contribution is -0.142. The number of aliphatic carboxylic acids is 1. The van der Waals surface area contributed by atoms with E-state index in [9.17, 15) is 9.59 Å². The summed E-state index contributed by atoms with van der Waals surface area (Å²) < 4.78 is 4.98. The first-order valence-corrected chi connectivity index (χ1v) is 5.88. The van der Waals surface area contributed by atoms with Crippen molar-refractivity contribution < 1.29 is 19.4 Å². The Morgan fingerprint density at radius 2 is 2.00 bits per heavy atom. The SMILES string of the molecule is COC(CN)CC(=O)N[C@H](C(=O)O)c1ccccc1. The van der Waals surface area contributed by atoms with Crippen LogP contribution < -0.4 is 11.1 Å². The lowest BCUT2D eigenvalue weighted by Gasteiger charge is -2.17. The Morgan fingerprint density at radius 1 is 1.37 bits per heavy atom. The Bertz CT molecular complexity index is 418. The van der Waals surface area contributed by atoms with Gasteiger partial charge in [0.05, 0.1) is 12.5 Å². The summed E-state index contributed by atoms with van der Waals surface area (Å²) in [6, 6.07) is 7.44. The molecule has 1 aromatic carbocycles. The van der Waals surface area contributed by atoms with Crippen molar-refractivity contribution in [3.05, 3.63) is 35.9 Å². The number of carboxylic acid groups (broad SMARTS) is 1. The number of hydrogen-bond donors (Lipinski definition) is 3. The lowest BCUT2D eigenvalue weighted by Crippen LogP contribution is -2.37. The van der Waals surface area contributed by atoms with Gasteiger partial charge in [0.15, 0.2) is 6.04 Å². The maximum Gasteiger partial charge on any atom is 0.330 e. The molecule has 0 radical (unpaired) electrons. The van der Waals surface area contributed by atoms with Gasteiger partial charge in [-0.25, -0.2) is 4.79 Å². The Morgan fingerprint density at radius 3 is 2.47 bits per heavy atom. The summed E-state index contributed by atoms with van der Waals surface area (Å²) >= 11 is 0. The topological polar surface area (TPSA) is 102 Å². The highest BCUT2D eigenvalue weighted by Crippen LogP contribution is 2.13. The molecule has 6 heteroatoms. The predicted molar refractivity (Wildman–Crippen MR) is 69.4 cm³/mol. The van der Waals surface area contributed by atoms with Gasteiger partial charge in [-0.1, -0.05) is 30.3 Å². The van der Waals surface area contributed by atoms with E-state index in [0.717, 1.165) is 0 Å².